The molecule has 3 aliphatic heterocycles. The predicted molar refractivity (Wildman–Crippen MR) is 181 cm³/mol. The average Bonchev–Trinajstić information content (AvgIpc) is 3.64. The largest absolute Gasteiger partial charge is 0.431 e. The first-order valence-electron chi connectivity index (χ1n) is 16.6. The van der Waals surface area contributed by atoms with Gasteiger partial charge in [-0.15, -0.1) is 0 Å². The van der Waals surface area contributed by atoms with E-state index >= 15 is 4.39 Å². The lowest BCUT2D eigenvalue weighted by Gasteiger charge is -2.41. The van der Waals surface area contributed by atoms with Gasteiger partial charge in [0, 0.05) is 63.0 Å². The summed E-state index contributed by atoms with van der Waals surface area (Å²) in [5, 5.41) is 0.763. The van der Waals surface area contributed by atoms with Crippen molar-refractivity contribution in [2.24, 2.45) is 0 Å². The number of amides is 2. The number of carbonyl (C=O) groups is 2. The second-order valence-corrected chi connectivity index (χ2v) is 14.8. The van der Waals surface area contributed by atoms with Crippen molar-refractivity contribution in [2.45, 2.75) is 52.3 Å². The molecule has 0 unspecified atom stereocenters. The normalized spacial score (nSPS) is 18.8. The predicted octanol–water partition coefficient (Wildman–Crippen LogP) is 3.19. The number of rotatable bonds is 9. The number of hydrogen-bond donors (Lipinski definition) is 1. The number of nitrogens with zero attached hydrogens (tertiary/aromatic N) is 4. The number of ether oxygens (including phenoxy) is 2. The SMILES string of the molecule is COC[C@H]1CN(c2cc(C)c3c4c(c(=O)oc3c2C)CN(C(=O)c2ccc(C(=O)NS(=O)(=O)N3CCCC3)c(OC(F)F)c2F)CC4)CCN1C. The zero-order valence-corrected chi connectivity index (χ0v) is 29.6. The van der Waals surface area contributed by atoms with Gasteiger partial charge >= 0.3 is 22.4 Å². The smallest absolute Gasteiger partial charge is 0.387 e. The third-order valence-corrected chi connectivity index (χ3v) is 11.4. The van der Waals surface area contributed by atoms with Crippen LogP contribution in [0.4, 0.5) is 18.9 Å². The first-order valence-corrected chi connectivity index (χ1v) is 18.1. The molecule has 6 rings (SSSR count). The summed E-state index contributed by atoms with van der Waals surface area (Å²) < 4.78 is 86.3. The fourth-order valence-corrected chi connectivity index (χ4v) is 8.44. The van der Waals surface area contributed by atoms with Crippen LogP contribution >= 0.6 is 0 Å². The van der Waals surface area contributed by atoms with Crippen LogP contribution in [0.15, 0.2) is 27.4 Å². The van der Waals surface area contributed by atoms with Crippen LogP contribution in [0.5, 0.6) is 5.75 Å². The summed E-state index contributed by atoms with van der Waals surface area (Å²) in [6.07, 6.45) is 1.38. The Labute approximate surface area is 293 Å². The number of nitrogens with one attached hydrogen (secondary N) is 1. The van der Waals surface area contributed by atoms with Gasteiger partial charge in [-0.25, -0.2) is 13.9 Å². The number of hydrogen-bond acceptors (Lipinski definition) is 10. The molecule has 0 radical (unpaired) electrons. The number of fused-ring (bicyclic) bond motifs is 3. The van der Waals surface area contributed by atoms with Crippen LogP contribution in [0.2, 0.25) is 0 Å². The number of likely N-dealkylation sites (N-methyl/N-ethyl adjacent to an activating group) is 1. The highest BCUT2D eigenvalue weighted by Gasteiger charge is 2.34. The number of piperazine rings is 1. The first-order chi connectivity index (χ1) is 24.2. The van der Waals surface area contributed by atoms with Crippen molar-refractivity contribution in [3.63, 3.8) is 0 Å². The summed E-state index contributed by atoms with van der Waals surface area (Å²) in [4.78, 5) is 45.7. The van der Waals surface area contributed by atoms with Gasteiger partial charge < -0.3 is 23.7 Å². The molecule has 0 saturated carbocycles. The van der Waals surface area contributed by atoms with Crippen molar-refractivity contribution in [2.75, 3.05) is 64.9 Å². The Morgan fingerprint density at radius 2 is 1.76 bits per heavy atom. The summed E-state index contributed by atoms with van der Waals surface area (Å²) in [6, 6.07) is 4.00. The quantitative estimate of drug-likeness (QED) is 0.326. The van der Waals surface area contributed by atoms with E-state index in [0.717, 1.165) is 58.3 Å². The van der Waals surface area contributed by atoms with Crippen LogP contribution in [0.1, 0.15) is 55.8 Å². The zero-order valence-electron chi connectivity index (χ0n) is 28.8. The van der Waals surface area contributed by atoms with Gasteiger partial charge in [0.15, 0.2) is 11.6 Å². The lowest BCUT2D eigenvalue weighted by molar-refractivity contribution is -0.0526. The highest BCUT2D eigenvalue weighted by molar-refractivity contribution is 7.87. The van der Waals surface area contributed by atoms with E-state index in [-0.39, 0.29) is 44.2 Å². The molecule has 13 nitrogen and oxygen atoms in total. The second-order valence-electron chi connectivity index (χ2n) is 13.1. The maximum Gasteiger partial charge on any atom is 0.387 e. The van der Waals surface area contributed by atoms with Gasteiger partial charge in [-0.2, -0.15) is 21.5 Å². The highest BCUT2D eigenvalue weighted by Crippen LogP contribution is 2.37. The van der Waals surface area contributed by atoms with E-state index in [1.165, 1.54) is 4.90 Å². The molecule has 2 fully saturated rings. The van der Waals surface area contributed by atoms with Crippen LogP contribution in [0, 0.1) is 19.7 Å². The van der Waals surface area contributed by atoms with Crippen molar-refractivity contribution in [3.05, 3.63) is 67.8 Å². The molecule has 1 atom stereocenters. The molecule has 2 amide bonds. The molecule has 17 heteroatoms. The van der Waals surface area contributed by atoms with E-state index in [4.69, 9.17) is 9.15 Å². The van der Waals surface area contributed by atoms with Gasteiger partial charge in [0.05, 0.1) is 35.9 Å². The number of methoxy groups -OCH3 is 1. The van der Waals surface area contributed by atoms with Crippen molar-refractivity contribution < 1.29 is 45.1 Å². The summed E-state index contributed by atoms with van der Waals surface area (Å²) >= 11 is 0. The van der Waals surface area contributed by atoms with Crippen LogP contribution in [-0.4, -0.2) is 107 Å². The zero-order chi connectivity index (χ0) is 36.8. The van der Waals surface area contributed by atoms with Gasteiger partial charge in [-0.05, 0) is 69.5 Å². The van der Waals surface area contributed by atoms with Crippen molar-refractivity contribution in [3.8, 4) is 5.75 Å². The molecule has 3 aromatic rings. The second kappa shape index (κ2) is 14.4. The third kappa shape index (κ3) is 7.03. The van der Waals surface area contributed by atoms with Gasteiger partial charge in [0.2, 0.25) is 0 Å². The number of halogens is 3. The fraction of sp³-hybridized carbons (Fsp3) is 0.500. The highest BCUT2D eigenvalue weighted by atomic mass is 32.2. The molecule has 3 aliphatic rings. The van der Waals surface area contributed by atoms with E-state index in [1.807, 2.05) is 13.8 Å². The van der Waals surface area contributed by atoms with Crippen LogP contribution < -0.4 is 20.0 Å². The Hall–Kier alpha value is -4.19. The van der Waals surface area contributed by atoms with E-state index in [2.05, 4.69) is 27.7 Å². The molecule has 276 valence electrons. The molecule has 51 heavy (non-hydrogen) atoms. The average molecular weight is 736 g/mol. The molecule has 4 heterocycles. The van der Waals surface area contributed by atoms with Crippen molar-refractivity contribution in [1.29, 1.82) is 0 Å². The van der Waals surface area contributed by atoms with Crippen LogP contribution in [-0.2, 0) is 27.9 Å². The molecular formula is C34H40F3N5O8S. The Morgan fingerprint density at radius 1 is 1.06 bits per heavy atom. The molecule has 1 N–H and O–H groups in total. The van der Waals surface area contributed by atoms with Crippen molar-refractivity contribution >= 4 is 38.7 Å². The summed E-state index contributed by atoms with van der Waals surface area (Å²) in [5.41, 5.74) is 1.83. The minimum Gasteiger partial charge on any atom is -0.431 e. The molecule has 1 aromatic heterocycles. The van der Waals surface area contributed by atoms with E-state index in [9.17, 15) is 31.6 Å². The van der Waals surface area contributed by atoms with Crippen LogP contribution in [0.3, 0.4) is 0 Å². The summed E-state index contributed by atoms with van der Waals surface area (Å²) in [5.74, 6) is -5.19. The molecular weight excluding hydrogens is 695 g/mol. The van der Waals surface area contributed by atoms with Gasteiger partial charge in [0.1, 0.15) is 5.58 Å². The minimum absolute atomic E-state index is 0.0581. The standard InChI is InChI=1S/C34H40F3N5O8S/c1-19-15-26(40-14-13-39(3)21(16-40)18-48-4)20(2)29-27(19)22-9-12-41(17-25(22)33(45)49-29)32(44)23-7-8-24(30(28(23)35)50-34(36)37)31(43)38-51(46,47)42-10-5-6-11-42/h7-8,15,21,34H,5-6,9-14,16-18H2,1-4H3,(H,38,43)/t21-/m1/s1. The van der Waals surface area contributed by atoms with Crippen LogP contribution in [0.25, 0.3) is 11.0 Å². The third-order valence-electron chi connectivity index (χ3n) is 9.96. The van der Waals surface area contributed by atoms with Crippen molar-refractivity contribution in [1.82, 2.24) is 18.8 Å². The Balaban J connectivity index is 1.28. The van der Waals surface area contributed by atoms with Gasteiger partial charge in [-0.3, -0.25) is 14.5 Å². The first kappa shape index (κ1) is 36.6. The molecule has 0 spiro atoms. The molecule has 2 aromatic carbocycles. The lowest BCUT2D eigenvalue weighted by atomic mass is 9.92. The maximum absolute atomic E-state index is 15.8. The molecule has 2 saturated heterocycles. The number of carbonyl (C=O) groups excluding carboxylic acids is 2. The Morgan fingerprint density at radius 3 is 2.45 bits per heavy atom. The number of anilines is 1. The Bertz CT molecular complexity index is 2040. The number of alkyl halides is 2. The topological polar surface area (TPSA) is 142 Å². The summed E-state index contributed by atoms with van der Waals surface area (Å²) in [7, 11) is -0.603. The molecule has 0 bridgehead atoms. The minimum atomic E-state index is -4.33. The fourth-order valence-electron chi connectivity index (χ4n) is 7.23. The number of aryl methyl sites for hydroxylation is 2. The number of benzene rings is 2. The molecule has 0 aliphatic carbocycles. The van der Waals surface area contributed by atoms with Gasteiger partial charge in [-0.1, -0.05) is 0 Å². The Kier molecular flexibility index (Phi) is 10.4. The van der Waals surface area contributed by atoms with Gasteiger partial charge in [0.25, 0.3) is 11.8 Å². The maximum atomic E-state index is 15.8. The van der Waals surface area contributed by atoms with E-state index in [1.54, 1.807) is 11.8 Å². The van der Waals surface area contributed by atoms with E-state index in [0.29, 0.717) is 30.6 Å². The van der Waals surface area contributed by atoms with E-state index < -0.39 is 57.0 Å². The monoisotopic (exact) mass is 735 g/mol. The lowest BCUT2D eigenvalue weighted by Crippen LogP contribution is -2.53. The summed E-state index contributed by atoms with van der Waals surface area (Å²) in [6.45, 7) is 3.27.